The van der Waals surface area contributed by atoms with Crippen molar-refractivity contribution in [3.63, 3.8) is 0 Å². The molecule has 1 aliphatic rings. The highest BCUT2D eigenvalue weighted by atomic mass is 35.5. The zero-order chi connectivity index (χ0) is 12.4. The lowest BCUT2D eigenvalue weighted by atomic mass is 10.1. The van der Waals surface area contributed by atoms with Gasteiger partial charge in [-0.05, 0) is 25.1 Å². The van der Waals surface area contributed by atoms with Gasteiger partial charge in [0.05, 0.1) is 5.92 Å². The Hall–Kier alpha value is -0.840. The van der Waals surface area contributed by atoms with Gasteiger partial charge in [0.1, 0.15) is 5.82 Å². The predicted molar refractivity (Wildman–Crippen MR) is 69.7 cm³/mol. The Balaban J connectivity index is 0.00000162. The normalized spacial score (nSPS) is 19.6. The molecule has 1 unspecified atom stereocenters. The summed E-state index contributed by atoms with van der Waals surface area (Å²) in [5.74, 6) is -1.47. The van der Waals surface area contributed by atoms with Gasteiger partial charge >= 0.3 is 5.97 Å². The molecule has 1 aromatic rings. The summed E-state index contributed by atoms with van der Waals surface area (Å²) in [5.41, 5.74) is 0.445. The lowest BCUT2D eigenvalue weighted by Crippen LogP contribution is -2.23. The Bertz CT molecular complexity index is 422. The van der Waals surface area contributed by atoms with Crippen molar-refractivity contribution in [1.82, 2.24) is 4.90 Å². The Morgan fingerprint density at radius 3 is 2.83 bits per heavy atom. The molecule has 0 spiro atoms. The van der Waals surface area contributed by atoms with E-state index in [1.54, 1.807) is 12.1 Å². The molecule has 1 fully saturated rings. The minimum atomic E-state index is -0.785. The third kappa shape index (κ3) is 3.34. The zero-order valence-electron chi connectivity index (χ0n) is 9.60. The lowest BCUT2D eigenvalue weighted by molar-refractivity contribution is -0.141. The van der Waals surface area contributed by atoms with Gasteiger partial charge in [-0.3, -0.25) is 9.69 Å². The number of carboxylic acid groups (broad SMARTS) is 1. The smallest absolute Gasteiger partial charge is 0.307 e. The standard InChI is InChI=1S/C12H13ClFNO2.ClH/c13-10-2-1-3-11(14)9(10)7-15-5-4-8(6-15)12(16)17;/h1-3,8H,4-7H2,(H,16,17);1H. The fourth-order valence-electron chi connectivity index (χ4n) is 2.08. The Morgan fingerprint density at radius 1 is 1.56 bits per heavy atom. The van der Waals surface area contributed by atoms with E-state index >= 15 is 0 Å². The van der Waals surface area contributed by atoms with Gasteiger partial charge in [-0.2, -0.15) is 0 Å². The van der Waals surface area contributed by atoms with Crippen LogP contribution in [-0.4, -0.2) is 29.1 Å². The van der Waals surface area contributed by atoms with Crippen LogP contribution in [0.5, 0.6) is 0 Å². The second kappa shape index (κ2) is 6.36. The van der Waals surface area contributed by atoms with Gasteiger partial charge < -0.3 is 5.11 Å². The number of benzene rings is 1. The summed E-state index contributed by atoms with van der Waals surface area (Å²) in [4.78, 5) is 12.7. The Kier molecular flexibility index (Phi) is 5.38. The van der Waals surface area contributed by atoms with E-state index in [1.807, 2.05) is 4.90 Å². The molecule has 0 aliphatic carbocycles. The second-order valence-electron chi connectivity index (χ2n) is 4.26. The summed E-state index contributed by atoms with van der Waals surface area (Å²) < 4.78 is 13.5. The molecule has 6 heteroatoms. The molecule has 1 aromatic carbocycles. The van der Waals surface area contributed by atoms with Crippen molar-refractivity contribution in [2.75, 3.05) is 13.1 Å². The van der Waals surface area contributed by atoms with Gasteiger partial charge in [-0.1, -0.05) is 17.7 Å². The molecule has 1 atom stereocenters. The average molecular weight is 294 g/mol. The Labute approximate surface area is 116 Å². The van der Waals surface area contributed by atoms with Gasteiger partial charge in [-0.25, -0.2) is 4.39 Å². The van der Waals surface area contributed by atoms with Crippen molar-refractivity contribution >= 4 is 30.0 Å². The maximum absolute atomic E-state index is 13.5. The summed E-state index contributed by atoms with van der Waals surface area (Å²) in [6, 6.07) is 4.57. The molecule has 3 nitrogen and oxygen atoms in total. The molecule has 1 saturated heterocycles. The first-order valence-electron chi connectivity index (χ1n) is 5.46. The topological polar surface area (TPSA) is 40.5 Å². The van der Waals surface area contributed by atoms with Crippen molar-refractivity contribution in [1.29, 1.82) is 0 Å². The molecule has 2 rings (SSSR count). The summed E-state index contributed by atoms with van der Waals surface area (Å²) in [6.07, 6.45) is 0.613. The number of likely N-dealkylation sites (tertiary alicyclic amines) is 1. The number of carboxylic acids is 1. The molecule has 18 heavy (non-hydrogen) atoms. The van der Waals surface area contributed by atoms with Crippen molar-refractivity contribution in [3.8, 4) is 0 Å². The van der Waals surface area contributed by atoms with E-state index in [9.17, 15) is 9.18 Å². The van der Waals surface area contributed by atoms with Crippen LogP contribution in [0.3, 0.4) is 0 Å². The van der Waals surface area contributed by atoms with Crippen LogP contribution in [-0.2, 0) is 11.3 Å². The summed E-state index contributed by atoms with van der Waals surface area (Å²) in [5, 5.41) is 9.27. The van der Waals surface area contributed by atoms with Crippen LogP contribution in [0.4, 0.5) is 4.39 Å². The number of hydrogen-bond donors (Lipinski definition) is 1. The van der Waals surface area contributed by atoms with E-state index in [1.165, 1.54) is 6.07 Å². The fourth-order valence-corrected chi connectivity index (χ4v) is 2.31. The van der Waals surface area contributed by atoms with Gasteiger partial charge in [0.15, 0.2) is 0 Å². The van der Waals surface area contributed by atoms with Crippen LogP contribution < -0.4 is 0 Å². The van der Waals surface area contributed by atoms with E-state index in [4.69, 9.17) is 16.7 Å². The molecule has 1 heterocycles. The molecule has 0 radical (unpaired) electrons. The van der Waals surface area contributed by atoms with Crippen LogP contribution in [0.2, 0.25) is 5.02 Å². The first-order chi connectivity index (χ1) is 8.08. The molecular formula is C12H14Cl2FNO2. The lowest BCUT2D eigenvalue weighted by Gasteiger charge is -2.16. The van der Waals surface area contributed by atoms with Crippen LogP contribution in [0.15, 0.2) is 18.2 Å². The zero-order valence-corrected chi connectivity index (χ0v) is 11.2. The van der Waals surface area contributed by atoms with Crippen molar-refractivity contribution in [3.05, 3.63) is 34.6 Å². The minimum Gasteiger partial charge on any atom is -0.481 e. The number of hydrogen-bond acceptors (Lipinski definition) is 2. The fraction of sp³-hybridized carbons (Fsp3) is 0.417. The Morgan fingerprint density at radius 2 is 2.28 bits per heavy atom. The first-order valence-corrected chi connectivity index (χ1v) is 5.84. The van der Waals surface area contributed by atoms with Crippen LogP contribution in [0.25, 0.3) is 0 Å². The molecule has 0 saturated carbocycles. The van der Waals surface area contributed by atoms with Crippen LogP contribution in [0, 0.1) is 11.7 Å². The van der Waals surface area contributed by atoms with Gasteiger partial charge in [0.2, 0.25) is 0 Å². The van der Waals surface area contributed by atoms with Gasteiger partial charge in [0.25, 0.3) is 0 Å². The van der Waals surface area contributed by atoms with E-state index < -0.39 is 5.97 Å². The minimum absolute atomic E-state index is 0. The SMILES string of the molecule is Cl.O=C(O)C1CCN(Cc2c(F)cccc2Cl)C1. The molecule has 0 aromatic heterocycles. The monoisotopic (exact) mass is 293 g/mol. The van der Waals surface area contributed by atoms with E-state index in [0.29, 0.717) is 36.6 Å². The van der Waals surface area contributed by atoms with Crippen LogP contribution >= 0.6 is 24.0 Å². The number of rotatable bonds is 3. The maximum Gasteiger partial charge on any atom is 0.307 e. The number of halogens is 3. The van der Waals surface area contributed by atoms with Crippen molar-refractivity contribution in [2.24, 2.45) is 5.92 Å². The molecule has 1 N–H and O–H groups in total. The van der Waals surface area contributed by atoms with E-state index in [0.717, 1.165) is 0 Å². The van der Waals surface area contributed by atoms with Crippen molar-refractivity contribution in [2.45, 2.75) is 13.0 Å². The quantitative estimate of drug-likeness (QED) is 0.932. The molecule has 0 amide bonds. The highest BCUT2D eigenvalue weighted by Crippen LogP contribution is 2.24. The van der Waals surface area contributed by atoms with Gasteiger partial charge in [0, 0.05) is 23.7 Å². The highest BCUT2D eigenvalue weighted by Gasteiger charge is 2.28. The third-order valence-electron chi connectivity index (χ3n) is 3.07. The highest BCUT2D eigenvalue weighted by molar-refractivity contribution is 6.31. The number of nitrogens with zero attached hydrogens (tertiary/aromatic N) is 1. The summed E-state index contributed by atoms with van der Waals surface area (Å²) in [6.45, 7) is 1.50. The maximum atomic E-state index is 13.5. The van der Waals surface area contributed by atoms with E-state index in [2.05, 4.69) is 0 Å². The summed E-state index contributed by atoms with van der Waals surface area (Å²) >= 11 is 5.92. The third-order valence-corrected chi connectivity index (χ3v) is 3.42. The van der Waals surface area contributed by atoms with E-state index in [-0.39, 0.29) is 24.1 Å². The van der Waals surface area contributed by atoms with Gasteiger partial charge in [-0.15, -0.1) is 12.4 Å². The first kappa shape index (κ1) is 15.2. The molecule has 100 valence electrons. The molecular weight excluding hydrogens is 280 g/mol. The van der Waals surface area contributed by atoms with Crippen LogP contribution in [0.1, 0.15) is 12.0 Å². The number of aliphatic carboxylic acids is 1. The number of carbonyl (C=O) groups is 1. The predicted octanol–water partition coefficient (Wildman–Crippen LogP) is 2.81. The molecule has 1 aliphatic heterocycles. The largest absolute Gasteiger partial charge is 0.481 e. The second-order valence-corrected chi connectivity index (χ2v) is 4.67. The molecule has 0 bridgehead atoms. The average Bonchev–Trinajstić information content (AvgIpc) is 2.72. The summed E-state index contributed by atoms with van der Waals surface area (Å²) in [7, 11) is 0. The van der Waals surface area contributed by atoms with Crippen molar-refractivity contribution < 1.29 is 14.3 Å².